The van der Waals surface area contributed by atoms with Crippen LogP contribution in [-0.4, -0.2) is 33.5 Å². The van der Waals surface area contributed by atoms with Crippen molar-refractivity contribution in [3.8, 4) is 0 Å². The van der Waals surface area contributed by atoms with E-state index in [2.05, 4.69) is 9.71 Å². The van der Waals surface area contributed by atoms with Crippen LogP contribution in [0.25, 0.3) is 0 Å². The fourth-order valence-electron chi connectivity index (χ4n) is 2.90. The highest BCUT2D eigenvalue weighted by Gasteiger charge is 2.42. The van der Waals surface area contributed by atoms with Gasteiger partial charge in [-0.05, 0) is 48.4 Å². The first-order valence-corrected chi connectivity index (χ1v) is 11.3. The third-order valence-corrected chi connectivity index (χ3v) is 7.69. The molecule has 144 valence electrons. The molecule has 0 radical (unpaired) electrons. The molecule has 27 heavy (non-hydrogen) atoms. The Bertz CT molecular complexity index is 1080. The van der Waals surface area contributed by atoms with E-state index in [-0.39, 0.29) is 22.9 Å². The van der Waals surface area contributed by atoms with Gasteiger partial charge in [0.2, 0.25) is 26.0 Å². The Morgan fingerprint density at radius 3 is 2.44 bits per heavy atom. The zero-order valence-corrected chi connectivity index (χ0v) is 16.4. The molecule has 1 saturated heterocycles. The Kier molecular flexibility index (Phi) is 5.06. The van der Waals surface area contributed by atoms with Crippen LogP contribution in [0.2, 0.25) is 0 Å². The van der Waals surface area contributed by atoms with Crippen molar-refractivity contribution in [2.24, 2.45) is 5.92 Å². The van der Waals surface area contributed by atoms with Crippen LogP contribution in [0.4, 0.5) is 5.69 Å². The van der Waals surface area contributed by atoms with Crippen LogP contribution in [0, 0.1) is 12.8 Å². The molecule has 1 amide bonds. The topological polar surface area (TPSA) is 114 Å². The minimum Gasteiger partial charge on any atom is -0.273 e. The standard InChI is InChI=1S/C17H19N3O5S2/c1-12-9-15(20-17(21)13(2)11-26(20,22)23)3-4-16(12)27(24,25)19-10-14-5-7-18-8-6-14/h3-9,13,19H,10-11H2,1-2H3/t13-/m1/s1. The summed E-state index contributed by atoms with van der Waals surface area (Å²) in [6.45, 7) is 3.21. The summed E-state index contributed by atoms with van der Waals surface area (Å²) < 4.78 is 52.8. The summed E-state index contributed by atoms with van der Waals surface area (Å²) in [5, 5.41) is 0. The second-order valence-corrected chi connectivity index (χ2v) is 10.0. The summed E-state index contributed by atoms with van der Waals surface area (Å²) in [6.07, 6.45) is 3.14. The third kappa shape index (κ3) is 3.87. The van der Waals surface area contributed by atoms with Crippen molar-refractivity contribution in [1.82, 2.24) is 9.71 Å². The summed E-state index contributed by atoms with van der Waals surface area (Å²) >= 11 is 0. The lowest BCUT2D eigenvalue weighted by molar-refractivity contribution is -0.119. The van der Waals surface area contributed by atoms with E-state index >= 15 is 0 Å². The molecule has 10 heteroatoms. The number of carbonyl (C=O) groups is 1. The monoisotopic (exact) mass is 409 g/mol. The lowest BCUT2D eigenvalue weighted by Crippen LogP contribution is -2.30. The van der Waals surface area contributed by atoms with Gasteiger partial charge in [0, 0.05) is 18.9 Å². The Labute approximate surface area is 158 Å². The predicted molar refractivity (Wildman–Crippen MR) is 99.9 cm³/mol. The number of hydrogen-bond donors (Lipinski definition) is 1. The highest BCUT2D eigenvalue weighted by Crippen LogP contribution is 2.30. The third-order valence-electron chi connectivity index (χ3n) is 4.26. The number of anilines is 1. The highest BCUT2D eigenvalue weighted by atomic mass is 32.2. The van der Waals surface area contributed by atoms with Gasteiger partial charge in [0.05, 0.1) is 22.3 Å². The number of benzene rings is 1. The van der Waals surface area contributed by atoms with Crippen LogP contribution in [0.1, 0.15) is 18.1 Å². The van der Waals surface area contributed by atoms with Gasteiger partial charge in [-0.25, -0.2) is 25.9 Å². The van der Waals surface area contributed by atoms with Crippen molar-refractivity contribution < 1.29 is 21.6 Å². The minimum atomic E-state index is -3.81. The van der Waals surface area contributed by atoms with Crippen molar-refractivity contribution in [2.45, 2.75) is 25.3 Å². The maximum absolute atomic E-state index is 12.6. The fourth-order valence-corrected chi connectivity index (χ4v) is 5.96. The van der Waals surface area contributed by atoms with Crippen molar-refractivity contribution in [3.63, 3.8) is 0 Å². The molecule has 1 aromatic heterocycles. The van der Waals surface area contributed by atoms with Crippen LogP contribution >= 0.6 is 0 Å². The molecule has 2 aromatic rings. The van der Waals surface area contributed by atoms with Crippen LogP contribution < -0.4 is 9.03 Å². The number of aromatic nitrogens is 1. The van der Waals surface area contributed by atoms with Gasteiger partial charge in [-0.15, -0.1) is 0 Å². The zero-order valence-electron chi connectivity index (χ0n) is 14.8. The van der Waals surface area contributed by atoms with E-state index < -0.39 is 31.9 Å². The molecule has 0 saturated carbocycles. The van der Waals surface area contributed by atoms with E-state index in [9.17, 15) is 21.6 Å². The maximum Gasteiger partial charge on any atom is 0.244 e. The smallest absolute Gasteiger partial charge is 0.244 e. The molecule has 3 rings (SSSR count). The molecule has 8 nitrogen and oxygen atoms in total. The van der Waals surface area contributed by atoms with Crippen LogP contribution in [0.5, 0.6) is 0 Å². The average Bonchev–Trinajstić information content (AvgIpc) is 2.81. The summed E-state index contributed by atoms with van der Waals surface area (Å²) in [6, 6.07) is 7.44. The fraction of sp³-hybridized carbons (Fsp3) is 0.294. The molecule has 1 N–H and O–H groups in total. The number of sulfonamides is 2. The Morgan fingerprint density at radius 2 is 1.89 bits per heavy atom. The zero-order chi connectivity index (χ0) is 19.8. The molecule has 0 bridgehead atoms. The van der Waals surface area contributed by atoms with Crippen LogP contribution in [0.15, 0.2) is 47.6 Å². The summed E-state index contributed by atoms with van der Waals surface area (Å²) in [5.41, 5.74) is 1.25. The molecule has 2 heterocycles. The van der Waals surface area contributed by atoms with Gasteiger partial charge in [0.15, 0.2) is 0 Å². The first kappa shape index (κ1) is 19.5. The van der Waals surface area contributed by atoms with Crippen molar-refractivity contribution in [2.75, 3.05) is 10.1 Å². The second kappa shape index (κ2) is 7.02. The first-order valence-electron chi connectivity index (χ1n) is 8.18. The lowest BCUT2D eigenvalue weighted by Gasteiger charge is -2.17. The van der Waals surface area contributed by atoms with Gasteiger partial charge in [-0.2, -0.15) is 0 Å². The van der Waals surface area contributed by atoms with Crippen molar-refractivity contribution in [1.29, 1.82) is 0 Å². The Morgan fingerprint density at radius 1 is 1.22 bits per heavy atom. The van der Waals surface area contributed by atoms with Crippen LogP contribution in [-0.2, 0) is 31.4 Å². The van der Waals surface area contributed by atoms with E-state index in [4.69, 9.17) is 0 Å². The molecule has 1 aliphatic heterocycles. The minimum absolute atomic E-state index is 0.0254. The van der Waals surface area contributed by atoms with Gasteiger partial charge in [0.25, 0.3) is 0 Å². The quantitative estimate of drug-likeness (QED) is 0.793. The number of pyridine rings is 1. The van der Waals surface area contributed by atoms with Gasteiger partial charge in [-0.1, -0.05) is 6.92 Å². The highest BCUT2D eigenvalue weighted by molar-refractivity contribution is 7.94. The molecular formula is C17H19N3O5S2. The number of carbonyl (C=O) groups excluding carboxylic acids is 1. The first-order chi connectivity index (χ1) is 12.6. The number of rotatable bonds is 5. The van der Waals surface area contributed by atoms with Crippen molar-refractivity contribution in [3.05, 3.63) is 53.9 Å². The van der Waals surface area contributed by atoms with Crippen LogP contribution in [0.3, 0.4) is 0 Å². The van der Waals surface area contributed by atoms with Crippen molar-refractivity contribution >= 4 is 31.6 Å². The SMILES string of the molecule is Cc1cc(N2C(=O)[C@H](C)CS2(=O)=O)ccc1S(=O)(=O)NCc1ccncc1. The van der Waals surface area contributed by atoms with E-state index in [1.54, 1.807) is 38.4 Å². The molecule has 0 spiro atoms. The summed E-state index contributed by atoms with van der Waals surface area (Å²) in [5.74, 6) is -1.39. The number of nitrogens with one attached hydrogen (secondary N) is 1. The largest absolute Gasteiger partial charge is 0.273 e. The molecular weight excluding hydrogens is 390 g/mol. The van der Waals surface area contributed by atoms with Gasteiger partial charge < -0.3 is 0 Å². The number of hydrogen-bond acceptors (Lipinski definition) is 6. The molecule has 0 aliphatic carbocycles. The van der Waals surface area contributed by atoms with Gasteiger partial charge in [-0.3, -0.25) is 9.78 Å². The van der Waals surface area contributed by atoms with E-state index in [0.717, 1.165) is 9.87 Å². The second-order valence-electron chi connectivity index (χ2n) is 6.41. The molecule has 1 aliphatic rings. The predicted octanol–water partition coefficient (Wildman–Crippen LogP) is 1.18. The Hall–Kier alpha value is -2.30. The van der Waals surface area contributed by atoms with Gasteiger partial charge >= 0.3 is 0 Å². The molecule has 0 unspecified atom stereocenters. The normalized spacial score (nSPS) is 19.4. The van der Waals surface area contributed by atoms with E-state index in [1.165, 1.54) is 18.2 Å². The summed E-state index contributed by atoms with van der Waals surface area (Å²) in [7, 11) is -7.54. The maximum atomic E-state index is 12.6. The molecule has 1 fully saturated rings. The number of nitrogens with zero attached hydrogens (tertiary/aromatic N) is 2. The van der Waals surface area contributed by atoms with E-state index in [0.29, 0.717) is 5.56 Å². The average molecular weight is 409 g/mol. The number of amides is 1. The summed E-state index contributed by atoms with van der Waals surface area (Å²) in [4.78, 5) is 16.1. The lowest BCUT2D eigenvalue weighted by atomic mass is 10.2. The van der Waals surface area contributed by atoms with E-state index in [1.807, 2.05) is 0 Å². The Balaban J connectivity index is 1.87. The number of aryl methyl sites for hydroxylation is 1. The van der Waals surface area contributed by atoms with Gasteiger partial charge in [0.1, 0.15) is 0 Å². The molecule has 1 atom stereocenters. The molecule has 1 aromatic carbocycles.